The largest absolute Gasteiger partial charge is 0.455 e. The van der Waals surface area contributed by atoms with Crippen LogP contribution < -0.4 is 0 Å². The van der Waals surface area contributed by atoms with Crippen molar-refractivity contribution < 1.29 is 9.53 Å². The van der Waals surface area contributed by atoms with Crippen LogP contribution in [0.5, 0.6) is 0 Å². The highest BCUT2D eigenvalue weighted by molar-refractivity contribution is 9.10. The van der Waals surface area contributed by atoms with Crippen molar-refractivity contribution in [3.63, 3.8) is 0 Å². The molecule has 0 spiro atoms. The molecule has 0 fully saturated rings. The highest BCUT2D eigenvalue weighted by atomic mass is 79.9. The Kier molecular flexibility index (Phi) is 3.44. The average Bonchev–Trinajstić information content (AvgIpc) is 2.06. The fourth-order valence-electron chi connectivity index (χ4n) is 0.896. The molecule has 0 aliphatic heterocycles. The molecule has 15 heavy (non-hydrogen) atoms. The molecule has 0 aromatic carbocycles. The van der Waals surface area contributed by atoms with Crippen LogP contribution in [0.1, 0.15) is 37.0 Å². The third-order valence-corrected chi connectivity index (χ3v) is 2.27. The zero-order valence-electron chi connectivity index (χ0n) is 9.17. The van der Waals surface area contributed by atoms with E-state index in [1.165, 1.54) is 6.20 Å². The van der Waals surface area contributed by atoms with E-state index in [0.717, 1.165) is 0 Å². The molecule has 0 amide bonds. The summed E-state index contributed by atoms with van der Waals surface area (Å²) in [6.45, 7) is 7.20. The summed E-state index contributed by atoms with van der Waals surface area (Å²) in [7, 11) is 0. The molecule has 1 aromatic rings. The van der Waals surface area contributed by atoms with Gasteiger partial charge in [-0.1, -0.05) is 0 Å². The zero-order valence-corrected chi connectivity index (χ0v) is 10.8. The quantitative estimate of drug-likeness (QED) is 0.738. The number of ether oxygens (including phenoxy) is 1. The van der Waals surface area contributed by atoms with Crippen molar-refractivity contribution in [2.45, 2.75) is 33.3 Å². The van der Waals surface area contributed by atoms with Crippen molar-refractivity contribution in [1.29, 1.82) is 0 Å². The molecule has 0 saturated heterocycles. The fourth-order valence-corrected chi connectivity index (χ4v) is 1.09. The molecule has 0 radical (unpaired) electrons. The summed E-state index contributed by atoms with van der Waals surface area (Å²) >= 11 is 3.21. The maximum absolute atomic E-state index is 11.6. The molecule has 5 heteroatoms. The molecule has 0 atom stereocenters. The van der Waals surface area contributed by atoms with Crippen LogP contribution in [-0.4, -0.2) is 21.5 Å². The van der Waals surface area contributed by atoms with Gasteiger partial charge in [-0.15, -0.1) is 0 Å². The Hall–Kier alpha value is -0.970. The van der Waals surface area contributed by atoms with Crippen LogP contribution >= 0.6 is 15.9 Å². The Morgan fingerprint density at radius 1 is 1.47 bits per heavy atom. The van der Waals surface area contributed by atoms with Crippen molar-refractivity contribution in [2.24, 2.45) is 0 Å². The minimum absolute atomic E-state index is 0.227. The minimum Gasteiger partial charge on any atom is -0.455 e. The van der Waals surface area contributed by atoms with Crippen molar-refractivity contribution in [2.75, 3.05) is 0 Å². The monoisotopic (exact) mass is 272 g/mol. The van der Waals surface area contributed by atoms with Crippen molar-refractivity contribution in [3.8, 4) is 0 Å². The number of aromatic nitrogens is 2. The first kappa shape index (κ1) is 12.1. The fraction of sp³-hybridized carbons (Fsp3) is 0.500. The lowest BCUT2D eigenvalue weighted by Crippen LogP contribution is -2.24. The Labute approximate surface area is 97.2 Å². The lowest BCUT2D eigenvalue weighted by Gasteiger charge is -2.19. The number of hydrogen-bond donors (Lipinski definition) is 0. The second-order valence-electron chi connectivity index (χ2n) is 4.13. The van der Waals surface area contributed by atoms with Gasteiger partial charge in [-0.25, -0.2) is 14.8 Å². The molecule has 4 nitrogen and oxygen atoms in total. The maximum Gasteiger partial charge on any atom is 0.359 e. The molecule has 0 saturated carbocycles. The topological polar surface area (TPSA) is 52.1 Å². The van der Waals surface area contributed by atoms with Gasteiger partial charge in [-0.05, 0) is 43.6 Å². The van der Waals surface area contributed by atoms with Gasteiger partial charge in [0.25, 0.3) is 0 Å². The lowest BCUT2D eigenvalue weighted by molar-refractivity contribution is 0.00620. The molecule has 1 rings (SSSR count). The van der Waals surface area contributed by atoms with E-state index in [1.807, 2.05) is 20.8 Å². The van der Waals surface area contributed by atoms with E-state index in [9.17, 15) is 4.79 Å². The second kappa shape index (κ2) is 4.26. The number of carbonyl (C=O) groups is 1. The van der Waals surface area contributed by atoms with Gasteiger partial charge in [0.1, 0.15) is 10.2 Å². The van der Waals surface area contributed by atoms with Crippen LogP contribution in [0.15, 0.2) is 10.8 Å². The number of rotatable bonds is 1. The van der Waals surface area contributed by atoms with Crippen LogP contribution in [0.25, 0.3) is 0 Å². The Bertz CT molecular complexity index is 385. The molecule has 82 valence electrons. The Morgan fingerprint density at radius 2 is 2.07 bits per heavy atom. The van der Waals surface area contributed by atoms with Gasteiger partial charge in [0.2, 0.25) is 0 Å². The first-order valence-corrected chi connectivity index (χ1v) is 5.31. The SMILES string of the molecule is Cc1nc(C(=O)OC(C)(C)C)cnc1Br. The van der Waals surface area contributed by atoms with Gasteiger partial charge in [0, 0.05) is 0 Å². The van der Waals surface area contributed by atoms with E-state index in [4.69, 9.17) is 4.74 Å². The van der Waals surface area contributed by atoms with E-state index < -0.39 is 11.6 Å². The van der Waals surface area contributed by atoms with Gasteiger partial charge in [-0.3, -0.25) is 0 Å². The lowest BCUT2D eigenvalue weighted by atomic mass is 10.2. The standard InChI is InChI=1S/C10H13BrN2O2/c1-6-8(11)12-5-7(13-6)9(14)15-10(2,3)4/h5H,1-4H3. The smallest absolute Gasteiger partial charge is 0.359 e. The van der Waals surface area contributed by atoms with Crippen molar-refractivity contribution in [3.05, 3.63) is 22.2 Å². The number of esters is 1. The van der Waals surface area contributed by atoms with Crippen molar-refractivity contribution in [1.82, 2.24) is 9.97 Å². The van der Waals surface area contributed by atoms with E-state index in [0.29, 0.717) is 10.3 Å². The summed E-state index contributed by atoms with van der Waals surface area (Å²) in [6.07, 6.45) is 1.39. The number of aryl methyl sites for hydroxylation is 1. The molecule has 1 heterocycles. The van der Waals surface area contributed by atoms with E-state index in [-0.39, 0.29) is 5.69 Å². The second-order valence-corrected chi connectivity index (χ2v) is 4.88. The van der Waals surface area contributed by atoms with Gasteiger partial charge in [0.05, 0.1) is 11.9 Å². The molecule has 0 aliphatic carbocycles. The van der Waals surface area contributed by atoms with Crippen LogP contribution in [-0.2, 0) is 4.74 Å². The molecular formula is C10H13BrN2O2. The first-order chi connectivity index (χ1) is 6.79. The number of halogens is 1. The molecule has 0 bridgehead atoms. The number of carbonyl (C=O) groups excluding carboxylic acids is 1. The highest BCUT2D eigenvalue weighted by Crippen LogP contribution is 2.13. The zero-order chi connectivity index (χ0) is 11.6. The van der Waals surface area contributed by atoms with Gasteiger partial charge < -0.3 is 4.74 Å². The molecule has 0 aliphatic rings. The molecule has 1 aromatic heterocycles. The minimum atomic E-state index is -0.514. The summed E-state index contributed by atoms with van der Waals surface area (Å²) < 4.78 is 5.80. The predicted molar refractivity (Wildman–Crippen MR) is 59.6 cm³/mol. The van der Waals surface area contributed by atoms with E-state index in [2.05, 4.69) is 25.9 Å². The van der Waals surface area contributed by atoms with E-state index >= 15 is 0 Å². The van der Waals surface area contributed by atoms with Gasteiger partial charge >= 0.3 is 5.97 Å². The summed E-state index contributed by atoms with van der Waals surface area (Å²) in [4.78, 5) is 19.6. The van der Waals surface area contributed by atoms with E-state index in [1.54, 1.807) is 6.92 Å². The van der Waals surface area contributed by atoms with Crippen LogP contribution in [0, 0.1) is 6.92 Å². The van der Waals surface area contributed by atoms with Crippen LogP contribution in [0.3, 0.4) is 0 Å². The molecule has 0 N–H and O–H groups in total. The molecule has 0 unspecified atom stereocenters. The first-order valence-electron chi connectivity index (χ1n) is 4.52. The molecular weight excluding hydrogens is 260 g/mol. The third kappa shape index (κ3) is 3.58. The highest BCUT2D eigenvalue weighted by Gasteiger charge is 2.19. The third-order valence-electron chi connectivity index (χ3n) is 1.49. The average molecular weight is 273 g/mol. The summed E-state index contributed by atoms with van der Waals surface area (Å²) in [5, 5.41) is 0. The summed E-state index contributed by atoms with van der Waals surface area (Å²) in [5.41, 5.74) is 0.378. The maximum atomic E-state index is 11.6. The Morgan fingerprint density at radius 3 is 2.53 bits per heavy atom. The number of nitrogens with zero attached hydrogens (tertiary/aromatic N) is 2. The van der Waals surface area contributed by atoms with Crippen molar-refractivity contribution >= 4 is 21.9 Å². The summed E-state index contributed by atoms with van der Waals surface area (Å²) in [6, 6.07) is 0. The Balaban J connectivity index is 2.88. The summed E-state index contributed by atoms with van der Waals surface area (Å²) in [5.74, 6) is -0.453. The van der Waals surface area contributed by atoms with Gasteiger partial charge in [-0.2, -0.15) is 0 Å². The van der Waals surface area contributed by atoms with Gasteiger partial charge in [0.15, 0.2) is 5.69 Å². The normalized spacial score (nSPS) is 11.3. The number of hydrogen-bond acceptors (Lipinski definition) is 4. The van der Waals surface area contributed by atoms with Crippen LogP contribution in [0.2, 0.25) is 0 Å². The van der Waals surface area contributed by atoms with Crippen LogP contribution in [0.4, 0.5) is 0 Å². The predicted octanol–water partition coefficient (Wildman–Crippen LogP) is 2.50.